The molecule has 3 aromatic rings. The minimum absolute atomic E-state index is 0.362. The van der Waals surface area contributed by atoms with Crippen LogP contribution in [0.25, 0.3) is 10.8 Å². The van der Waals surface area contributed by atoms with E-state index in [9.17, 15) is 5.11 Å². The van der Waals surface area contributed by atoms with Gasteiger partial charge in [0, 0.05) is 43.2 Å². The molecule has 0 radical (unpaired) electrons. The van der Waals surface area contributed by atoms with Crippen molar-refractivity contribution in [2.45, 2.75) is 6.42 Å². The highest BCUT2D eigenvalue weighted by atomic mass is 16.3. The second-order valence-corrected chi connectivity index (χ2v) is 5.50. The maximum absolute atomic E-state index is 10.5. The number of phenols is 1. The van der Waals surface area contributed by atoms with Gasteiger partial charge in [-0.05, 0) is 10.9 Å². The summed E-state index contributed by atoms with van der Waals surface area (Å²) in [6.45, 7) is 0. The predicted molar refractivity (Wildman–Crippen MR) is 89.2 cm³/mol. The Morgan fingerprint density at radius 1 is 0.857 bits per heavy atom. The number of anilines is 1. The molecule has 0 unspecified atom stereocenters. The molecule has 0 atom stereocenters. The molecule has 0 aliphatic rings. The summed E-state index contributed by atoms with van der Waals surface area (Å²) in [4.78, 5) is 2.04. The van der Waals surface area contributed by atoms with E-state index in [4.69, 9.17) is 0 Å². The Morgan fingerprint density at radius 2 is 1.48 bits per heavy atom. The Bertz CT molecular complexity index is 763. The van der Waals surface area contributed by atoms with E-state index < -0.39 is 0 Å². The van der Waals surface area contributed by atoms with Gasteiger partial charge in [-0.3, -0.25) is 0 Å². The Labute approximate surface area is 125 Å². The Balaban J connectivity index is 2.19. The molecule has 3 aromatic carbocycles. The van der Waals surface area contributed by atoms with Gasteiger partial charge in [-0.15, -0.1) is 0 Å². The van der Waals surface area contributed by atoms with Crippen LogP contribution in [0.5, 0.6) is 5.75 Å². The normalized spacial score (nSPS) is 10.8. The number of phenolic OH excluding ortho intramolecular Hbond substituents is 1. The van der Waals surface area contributed by atoms with Gasteiger partial charge in [-0.1, -0.05) is 54.6 Å². The molecule has 0 saturated heterocycles. The standard InChI is InChI=1S/C19H19NO/c1-20(2)18-13-19(21)17(12-14-8-4-3-5-9-14)15-10-6-7-11-16(15)18/h3-11,13,21H,12H2,1-2H3. The third-order valence-electron chi connectivity index (χ3n) is 3.82. The number of nitrogens with zero attached hydrogens (tertiary/aromatic N) is 1. The van der Waals surface area contributed by atoms with Crippen molar-refractivity contribution in [1.82, 2.24) is 0 Å². The Morgan fingerprint density at radius 3 is 2.14 bits per heavy atom. The summed E-state index contributed by atoms with van der Waals surface area (Å²) in [5, 5.41) is 12.8. The molecule has 106 valence electrons. The van der Waals surface area contributed by atoms with Crippen LogP contribution >= 0.6 is 0 Å². The molecular weight excluding hydrogens is 258 g/mol. The van der Waals surface area contributed by atoms with Crippen LogP contribution in [0.1, 0.15) is 11.1 Å². The van der Waals surface area contributed by atoms with E-state index in [0.717, 1.165) is 23.1 Å². The van der Waals surface area contributed by atoms with Gasteiger partial charge in [-0.25, -0.2) is 0 Å². The van der Waals surface area contributed by atoms with Crippen molar-refractivity contribution in [3.63, 3.8) is 0 Å². The molecule has 1 N–H and O–H groups in total. The molecule has 2 nitrogen and oxygen atoms in total. The van der Waals surface area contributed by atoms with Crippen molar-refractivity contribution in [1.29, 1.82) is 0 Å². The highest BCUT2D eigenvalue weighted by Gasteiger charge is 2.12. The first-order chi connectivity index (χ1) is 10.2. The molecule has 0 bridgehead atoms. The van der Waals surface area contributed by atoms with Crippen molar-refractivity contribution >= 4 is 16.5 Å². The molecule has 0 aliphatic carbocycles. The Kier molecular flexibility index (Phi) is 3.53. The highest BCUT2D eigenvalue weighted by molar-refractivity contribution is 5.98. The van der Waals surface area contributed by atoms with Crippen LogP contribution in [-0.4, -0.2) is 19.2 Å². The molecule has 2 heteroatoms. The molecular formula is C19H19NO. The average molecular weight is 277 g/mol. The zero-order valence-corrected chi connectivity index (χ0v) is 12.4. The van der Waals surface area contributed by atoms with Crippen LogP contribution in [0.4, 0.5) is 5.69 Å². The van der Waals surface area contributed by atoms with Crippen LogP contribution in [0.3, 0.4) is 0 Å². The zero-order valence-electron chi connectivity index (χ0n) is 12.4. The van der Waals surface area contributed by atoms with Crippen LogP contribution in [0.2, 0.25) is 0 Å². The van der Waals surface area contributed by atoms with Gasteiger partial charge in [0.25, 0.3) is 0 Å². The summed E-state index contributed by atoms with van der Waals surface area (Å²) >= 11 is 0. The smallest absolute Gasteiger partial charge is 0.121 e. The quantitative estimate of drug-likeness (QED) is 0.775. The molecule has 0 aromatic heterocycles. The summed E-state index contributed by atoms with van der Waals surface area (Å²) in [7, 11) is 4.00. The van der Waals surface area contributed by atoms with Crippen LogP contribution < -0.4 is 4.90 Å². The first-order valence-corrected chi connectivity index (χ1v) is 7.11. The molecule has 3 rings (SSSR count). The van der Waals surface area contributed by atoms with E-state index in [-0.39, 0.29) is 0 Å². The lowest BCUT2D eigenvalue weighted by Crippen LogP contribution is -2.09. The fourth-order valence-corrected chi connectivity index (χ4v) is 2.76. The summed E-state index contributed by atoms with van der Waals surface area (Å²) in [6.07, 6.45) is 0.737. The molecule has 0 heterocycles. The van der Waals surface area contributed by atoms with E-state index in [2.05, 4.69) is 24.3 Å². The second kappa shape index (κ2) is 5.49. The maximum atomic E-state index is 10.5. The first kappa shape index (κ1) is 13.5. The number of benzene rings is 3. The van der Waals surface area contributed by atoms with Crippen molar-refractivity contribution < 1.29 is 5.11 Å². The fourth-order valence-electron chi connectivity index (χ4n) is 2.76. The number of rotatable bonds is 3. The summed E-state index contributed by atoms with van der Waals surface area (Å²) in [5.74, 6) is 0.362. The van der Waals surface area contributed by atoms with Crippen molar-refractivity contribution in [2.75, 3.05) is 19.0 Å². The number of hydrogen-bond acceptors (Lipinski definition) is 2. The van der Waals surface area contributed by atoms with Gasteiger partial charge in [0.2, 0.25) is 0 Å². The van der Waals surface area contributed by atoms with Gasteiger partial charge < -0.3 is 10.0 Å². The topological polar surface area (TPSA) is 23.5 Å². The van der Waals surface area contributed by atoms with E-state index in [1.807, 2.05) is 55.4 Å². The first-order valence-electron chi connectivity index (χ1n) is 7.11. The molecule has 0 amide bonds. The van der Waals surface area contributed by atoms with Crippen LogP contribution in [0.15, 0.2) is 60.7 Å². The minimum atomic E-state index is 0.362. The summed E-state index contributed by atoms with van der Waals surface area (Å²) in [5.41, 5.74) is 3.23. The average Bonchev–Trinajstić information content (AvgIpc) is 2.50. The van der Waals surface area contributed by atoms with Gasteiger partial charge in [0.05, 0.1) is 0 Å². The van der Waals surface area contributed by atoms with Gasteiger partial charge >= 0.3 is 0 Å². The number of aromatic hydroxyl groups is 1. The molecule has 0 aliphatic heterocycles. The fraction of sp³-hybridized carbons (Fsp3) is 0.158. The van der Waals surface area contributed by atoms with E-state index in [0.29, 0.717) is 5.75 Å². The molecule has 0 fully saturated rings. The lowest BCUT2D eigenvalue weighted by atomic mass is 9.96. The zero-order chi connectivity index (χ0) is 14.8. The maximum Gasteiger partial charge on any atom is 0.121 e. The monoisotopic (exact) mass is 277 g/mol. The predicted octanol–water partition coefficient (Wildman–Crippen LogP) is 4.20. The molecule has 0 spiro atoms. The van der Waals surface area contributed by atoms with Crippen molar-refractivity contribution in [3.05, 3.63) is 71.8 Å². The number of fused-ring (bicyclic) bond motifs is 1. The lowest BCUT2D eigenvalue weighted by molar-refractivity contribution is 0.470. The van der Waals surface area contributed by atoms with Gasteiger partial charge in [0.15, 0.2) is 0 Å². The lowest BCUT2D eigenvalue weighted by Gasteiger charge is -2.19. The molecule has 0 saturated carbocycles. The van der Waals surface area contributed by atoms with Gasteiger partial charge in [0.1, 0.15) is 5.75 Å². The third kappa shape index (κ3) is 2.57. The summed E-state index contributed by atoms with van der Waals surface area (Å²) in [6, 6.07) is 20.4. The highest BCUT2D eigenvalue weighted by Crippen LogP contribution is 2.36. The summed E-state index contributed by atoms with van der Waals surface area (Å²) < 4.78 is 0. The van der Waals surface area contributed by atoms with E-state index in [1.165, 1.54) is 10.9 Å². The minimum Gasteiger partial charge on any atom is -0.508 e. The van der Waals surface area contributed by atoms with E-state index in [1.54, 1.807) is 0 Å². The van der Waals surface area contributed by atoms with Crippen LogP contribution in [0, 0.1) is 0 Å². The number of hydrogen-bond donors (Lipinski definition) is 1. The van der Waals surface area contributed by atoms with Gasteiger partial charge in [-0.2, -0.15) is 0 Å². The van der Waals surface area contributed by atoms with Crippen LogP contribution in [-0.2, 0) is 6.42 Å². The van der Waals surface area contributed by atoms with Crippen molar-refractivity contribution in [3.8, 4) is 5.75 Å². The largest absolute Gasteiger partial charge is 0.508 e. The van der Waals surface area contributed by atoms with Crippen molar-refractivity contribution in [2.24, 2.45) is 0 Å². The third-order valence-corrected chi connectivity index (χ3v) is 3.82. The second-order valence-electron chi connectivity index (χ2n) is 5.50. The Hall–Kier alpha value is -2.48. The SMILES string of the molecule is CN(C)c1cc(O)c(Cc2ccccc2)c2ccccc12. The molecule has 21 heavy (non-hydrogen) atoms. The van der Waals surface area contributed by atoms with E-state index >= 15 is 0 Å².